The van der Waals surface area contributed by atoms with Crippen LogP contribution in [-0.2, 0) is 13.0 Å². The number of benzene rings is 1. The molecule has 0 aliphatic carbocycles. The van der Waals surface area contributed by atoms with Crippen LogP contribution in [0.3, 0.4) is 0 Å². The Morgan fingerprint density at radius 3 is 2.78 bits per heavy atom. The predicted molar refractivity (Wildman–Crippen MR) is 137 cm³/mol. The molecule has 4 heterocycles. The average molecular weight is 521 g/mol. The van der Waals surface area contributed by atoms with E-state index in [4.69, 9.17) is 16.3 Å². The van der Waals surface area contributed by atoms with Gasteiger partial charge in [-0.3, -0.25) is 18.8 Å². The van der Waals surface area contributed by atoms with Crippen LogP contribution in [0.25, 0.3) is 11.4 Å². The zero-order chi connectivity index (χ0) is 24.9. The van der Waals surface area contributed by atoms with Gasteiger partial charge in [-0.05, 0) is 36.4 Å². The lowest BCUT2D eigenvalue weighted by atomic mass is 10.1. The highest BCUT2D eigenvalue weighted by Crippen LogP contribution is 2.26. The maximum Gasteiger partial charge on any atom is 0.255 e. The quantitative estimate of drug-likeness (QED) is 0.256. The molecule has 0 saturated heterocycles. The van der Waals surface area contributed by atoms with Crippen molar-refractivity contribution in [3.8, 4) is 17.1 Å². The first-order valence-electron chi connectivity index (χ1n) is 11.2. The molecular formula is C25H21ClN6O3S. The number of rotatable bonds is 10. The molecule has 0 aliphatic rings. The Hall–Kier alpha value is -4.02. The van der Waals surface area contributed by atoms with E-state index >= 15 is 0 Å². The van der Waals surface area contributed by atoms with Gasteiger partial charge in [0.05, 0.1) is 33.3 Å². The number of hydrogen-bond donors (Lipinski definition) is 0. The van der Waals surface area contributed by atoms with Gasteiger partial charge in [0.2, 0.25) is 0 Å². The zero-order valence-corrected chi connectivity index (χ0v) is 20.6. The summed E-state index contributed by atoms with van der Waals surface area (Å²) < 4.78 is 11.6. The van der Waals surface area contributed by atoms with Gasteiger partial charge in [-0.25, -0.2) is 4.68 Å². The van der Waals surface area contributed by atoms with Gasteiger partial charge in [0.1, 0.15) is 18.0 Å². The number of ether oxygens (including phenoxy) is 1. The molecule has 36 heavy (non-hydrogen) atoms. The fraction of sp³-hybridized carbons (Fsp3) is 0.160. The molecule has 11 heteroatoms. The third-order valence-corrected chi connectivity index (χ3v) is 6.70. The number of carbonyl (C=O) groups is 1. The van der Waals surface area contributed by atoms with E-state index in [1.807, 2.05) is 24.4 Å². The molecule has 5 aromatic rings. The standard InChI is InChI=1S/C25H21ClN6O3S/c26-24-10-9-23(36-24)21(33)8-5-18-17-32(29-28-18)20-7-6-19(31-13-2-1-4-25(31)34)16-22(20)35-15-14-30-12-3-11-27-30/h1-4,6-7,9-13,16-17H,5,8,14-15H2. The van der Waals surface area contributed by atoms with Crippen LogP contribution in [0.1, 0.15) is 21.8 Å². The summed E-state index contributed by atoms with van der Waals surface area (Å²) in [4.78, 5) is 25.4. The molecule has 0 aliphatic heterocycles. The molecule has 0 unspecified atom stereocenters. The molecule has 182 valence electrons. The number of aryl methyl sites for hydroxylation is 1. The topological polar surface area (TPSA) is 96.8 Å². The molecule has 0 amide bonds. The van der Waals surface area contributed by atoms with E-state index in [0.717, 1.165) is 0 Å². The highest BCUT2D eigenvalue weighted by molar-refractivity contribution is 7.18. The zero-order valence-electron chi connectivity index (χ0n) is 19.0. The van der Waals surface area contributed by atoms with Crippen molar-refractivity contribution in [3.63, 3.8) is 0 Å². The van der Waals surface area contributed by atoms with Gasteiger partial charge in [-0.15, -0.1) is 16.4 Å². The van der Waals surface area contributed by atoms with Crippen LogP contribution in [-0.4, -0.2) is 41.7 Å². The number of aromatic nitrogens is 6. The minimum absolute atomic E-state index is 0.0155. The van der Waals surface area contributed by atoms with Crippen LogP contribution >= 0.6 is 22.9 Å². The number of Topliss-reactive ketones (excluding diaryl/α,β-unsaturated/α-hetero) is 1. The Labute approximate surface area is 215 Å². The van der Waals surface area contributed by atoms with Crippen molar-refractivity contribution in [2.45, 2.75) is 19.4 Å². The lowest BCUT2D eigenvalue weighted by Crippen LogP contribution is -2.16. The monoisotopic (exact) mass is 520 g/mol. The Morgan fingerprint density at radius 2 is 2.00 bits per heavy atom. The van der Waals surface area contributed by atoms with E-state index < -0.39 is 0 Å². The van der Waals surface area contributed by atoms with E-state index in [1.54, 1.807) is 62.9 Å². The average Bonchev–Trinajstić information content (AvgIpc) is 3.66. The number of pyridine rings is 1. The minimum atomic E-state index is -0.146. The summed E-state index contributed by atoms with van der Waals surface area (Å²) in [5.74, 6) is 0.554. The van der Waals surface area contributed by atoms with Crippen molar-refractivity contribution in [1.82, 2.24) is 29.3 Å². The predicted octanol–water partition coefficient (Wildman–Crippen LogP) is 4.22. The van der Waals surface area contributed by atoms with E-state index in [-0.39, 0.29) is 11.3 Å². The molecule has 0 spiro atoms. The summed E-state index contributed by atoms with van der Waals surface area (Å²) in [7, 11) is 0. The molecule has 0 N–H and O–H groups in total. The Kier molecular flexibility index (Phi) is 7.06. The molecular weight excluding hydrogens is 500 g/mol. The lowest BCUT2D eigenvalue weighted by Gasteiger charge is -2.14. The number of thiophene rings is 1. The minimum Gasteiger partial charge on any atom is -0.489 e. The summed E-state index contributed by atoms with van der Waals surface area (Å²) in [6, 6.07) is 15.7. The molecule has 0 fully saturated rings. The van der Waals surface area contributed by atoms with Crippen LogP contribution in [0, 0.1) is 0 Å². The Balaban J connectivity index is 1.37. The maximum absolute atomic E-state index is 12.4. The summed E-state index contributed by atoms with van der Waals surface area (Å²) in [5.41, 5.74) is 1.86. The van der Waals surface area contributed by atoms with Crippen molar-refractivity contribution < 1.29 is 9.53 Å². The van der Waals surface area contributed by atoms with E-state index in [2.05, 4.69) is 15.4 Å². The SMILES string of the molecule is O=C(CCc1cn(-c2ccc(-n3ccccc3=O)cc2OCCn2cccn2)nn1)c1ccc(Cl)s1. The van der Waals surface area contributed by atoms with E-state index in [1.165, 1.54) is 17.4 Å². The van der Waals surface area contributed by atoms with Crippen molar-refractivity contribution in [2.75, 3.05) is 6.61 Å². The van der Waals surface area contributed by atoms with Crippen molar-refractivity contribution >= 4 is 28.7 Å². The second-order valence-corrected chi connectivity index (χ2v) is 9.57. The second kappa shape index (κ2) is 10.7. The Bertz CT molecular complexity index is 1540. The molecule has 0 saturated carbocycles. The first kappa shape index (κ1) is 23.7. The number of nitrogens with zero attached hydrogens (tertiary/aromatic N) is 6. The van der Waals surface area contributed by atoms with Crippen LogP contribution in [0.5, 0.6) is 5.75 Å². The van der Waals surface area contributed by atoms with Crippen LogP contribution < -0.4 is 10.3 Å². The largest absolute Gasteiger partial charge is 0.489 e. The molecule has 4 aromatic heterocycles. The fourth-order valence-corrected chi connectivity index (χ4v) is 4.65. The molecule has 0 bridgehead atoms. The van der Waals surface area contributed by atoms with E-state index in [0.29, 0.717) is 58.0 Å². The van der Waals surface area contributed by atoms with Crippen molar-refractivity contribution in [3.05, 3.63) is 105 Å². The Morgan fingerprint density at radius 1 is 1.08 bits per heavy atom. The number of halogens is 1. The second-order valence-electron chi connectivity index (χ2n) is 7.86. The summed E-state index contributed by atoms with van der Waals surface area (Å²) in [5, 5.41) is 12.7. The summed E-state index contributed by atoms with van der Waals surface area (Å²) >= 11 is 7.21. The van der Waals surface area contributed by atoms with Gasteiger partial charge >= 0.3 is 0 Å². The van der Waals surface area contributed by atoms with Gasteiger partial charge in [0, 0.05) is 43.6 Å². The van der Waals surface area contributed by atoms with Crippen LogP contribution in [0.4, 0.5) is 0 Å². The first-order valence-corrected chi connectivity index (χ1v) is 12.4. The third-order valence-electron chi connectivity index (χ3n) is 5.43. The smallest absolute Gasteiger partial charge is 0.255 e. The van der Waals surface area contributed by atoms with Gasteiger partial charge < -0.3 is 4.74 Å². The summed E-state index contributed by atoms with van der Waals surface area (Å²) in [6.07, 6.45) is 7.80. The summed E-state index contributed by atoms with van der Waals surface area (Å²) in [6.45, 7) is 0.917. The van der Waals surface area contributed by atoms with Gasteiger partial charge in [0.25, 0.3) is 5.56 Å². The molecule has 1 aromatic carbocycles. The number of ketones is 1. The molecule has 0 atom stereocenters. The highest BCUT2D eigenvalue weighted by atomic mass is 35.5. The van der Waals surface area contributed by atoms with Crippen molar-refractivity contribution in [1.29, 1.82) is 0 Å². The highest BCUT2D eigenvalue weighted by Gasteiger charge is 2.14. The number of hydrogen-bond acceptors (Lipinski definition) is 7. The van der Waals surface area contributed by atoms with Gasteiger partial charge in [-0.2, -0.15) is 5.10 Å². The van der Waals surface area contributed by atoms with Crippen LogP contribution in [0.15, 0.2) is 84.2 Å². The van der Waals surface area contributed by atoms with Gasteiger partial charge in [0.15, 0.2) is 5.78 Å². The molecule has 5 rings (SSSR count). The molecule has 9 nitrogen and oxygen atoms in total. The van der Waals surface area contributed by atoms with E-state index in [9.17, 15) is 9.59 Å². The molecule has 0 radical (unpaired) electrons. The number of carbonyl (C=O) groups excluding carboxylic acids is 1. The fourth-order valence-electron chi connectivity index (χ4n) is 3.64. The normalized spacial score (nSPS) is 11.0. The maximum atomic E-state index is 12.4. The lowest BCUT2D eigenvalue weighted by molar-refractivity contribution is 0.0986. The van der Waals surface area contributed by atoms with Gasteiger partial charge in [-0.1, -0.05) is 22.9 Å². The van der Waals surface area contributed by atoms with Crippen molar-refractivity contribution in [2.24, 2.45) is 0 Å². The first-order chi connectivity index (χ1) is 17.6. The van der Waals surface area contributed by atoms with Crippen LogP contribution in [0.2, 0.25) is 4.34 Å². The third kappa shape index (κ3) is 5.45.